The molecular formula is C19H17NO3S. The zero-order chi connectivity index (χ0) is 17.1. The lowest BCUT2D eigenvalue weighted by Gasteiger charge is -2.12. The molecule has 1 aliphatic carbocycles. The number of fused-ring (bicyclic) bond motifs is 3. The smallest absolute Gasteiger partial charge is 0.268 e. The van der Waals surface area contributed by atoms with Crippen molar-refractivity contribution in [2.75, 3.05) is 0 Å². The molecule has 0 aliphatic heterocycles. The van der Waals surface area contributed by atoms with Gasteiger partial charge in [0, 0.05) is 23.6 Å². The van der Waals surface area contributed by atoms with Gasteiger partial charge in [-0.2, -0.15) is 0 Å². The molecule has 24 heavy (non-hydrogen) atoms. The fraction of sp³-hybridized carbons (Fsp3) is 0.211. The number of nitrogens with zero attached hydrogens (tertiary/aromatic N) is 1. The predicted molar refractivity (Wildman–Crippen MR) is 93.1 cm³/mol. The lowest BCUT2D eigenvalue weighted by atomic mass is 10.0. The van der Waals surface area contributed by atoms with E-state index in [2.05, 4.69) is 0 Å². The van der Waals surface area contributed by atoms with Gasteiger partial charge < -0.3 is 0 Å². The maximum Gasteiger partial charge on any atom is 0.268 e. The van der Waals surface area contributed by atoms with E-state index in [1.54, 1.807) is 36.5 Å². The molecule has 4 rings (SSSR count). The quantitative estimate of drug-likeness (QED) is 0.712. The number of aryl methyl sites for hydroxylation is 1. The summed E-state index contributed by atoms with van der Waals surface area (Å²) in [6, 6.07) is 12.2. The molecule has 122 valence electrons. The molecule has 0 amide bonds. The highest BCUT2D eigenvalue weighted by atomic mass is 32.2. The minimum absolute atomic E-state index is 0.0260. The van der Waals surface area contributed by atoms with E-state index < -0.39 is 10.0 Å². The van der Waals surface area contributed by atoms with E-state index in [0.29, 0.717) is 17.5 Å². The Morgan fingerprint density at radius 1 is 1.04 bits per heavy atom. The molecule has 0 spiro atoms. The Kier molecular flexibility index (Phi) is 3.18. The molecular weight excluding hydrogens is 322 g/mol. The number of ketones is 1. The van der Waals surface area contributed by atoms with E-state index in [1.807, 2.05) is 26.0 Å². The van der Waals surface area contributed by atoms with E-state index in [1.165, 1.54) is 3.97 Å². The summed E-state index contributed by atoms with van der Waals surface area (Å²) in [7, 11) is -3.70. The third-order valence-corrected chi connectivity index (χ3v) is 6.41. The summed E-state index contributed by atoms with van der Waals surface area (Å²) in [5.74, 6) is 0.109. The maximum absolute atomic E-state index is 13.1. The molecule has 0 saturated carbocycles. The second-order valence-electron chi connectivity index (χ2n) is 6.42. The molecule has 0 unspecified atom stereocenters. The molecule has 0 radical (unpaired) electrons. The van der Waals surface area contributed by atoms with Gasteiger partial charge in [0.05, 0.1) is 10.4 Å². The monoisotopic (exact) mass is 339 g/mol. The van der Waals surface area contributed by atoms with E-state index in [9.17, 15) is 13.2 Å². The van der Waals surface area contributed by atoms with Crippen molar-refractivity contribution in [2.24, 2.45) is 0 Å². The Morgan fingerprint density at radius 2 is 1.75 bits per heavy atom. The van der Waals surface area contributed by atoms with Crippen LogP contribution >= 0.6 is 0 Å². The number of carbonyl (C=O) groups excluding carboxylic acids is 1. The van der Waals surface area contributed by atoms with Crippen LogP contribution in [0.3, 0.4) is 0 Å². The van der Waals surface area contributed by atoms with Crippen LogP contribution in [0.2, 0.25) is 0 Å². The summed E-state index contributed by atoms with van der Waals surface area (Å²) in [6.07, 6.45) is 2.01. The summed E-state index contributed by atoms with van der Waals surface area (Å²) in [5.41, 5.74) is 3.13. The summed E-state index contributed by atoms with van der Waals surface area (Å²) < 4.78 is 27.5. The molecule has 4 nitrogen and oxygen atoms in total. The van der Waals surface area contributed by atoms with Crippen LogP contribution in [0.5, 0.6) is 0 Å². The zero-order valence-corrected chi connectivity index (χ0v) is 14.3. The highest BCUT2D eigenvalue weighted by Crippen LogP contribution is 2.39. The zero-order valence-electron chi connectivity index (χ0n) is 13.5. The average molecular weight is 339 g/mol. The molecule has 0 N–H and O–H groups in total. The molecule has 0 saturated heterocycles. The molecule has 1 aromatic heterocycles. The molecule has 1 heterocycles. The summed E-state index contributed by atoms with van der Waals surface area (Å²) in [5, 5.41) is 0.839. The lowest BCUT2D eigenvalue weighted by molar-refractivity contribution is 0.0990. The van der Waals surface area contributed by atoms with E-state index in [-0.39, 0.29) is 16.6 Å². The number of aromatic nitrogens is 1. The molecule has 2 aromatic carbocycles. The van der Waals surface area contributed by atoms with E-state index in [0.717, 1.165) is 16.5 Å². The Hall–Kier alpha value is -2.40. The van der Waals surface area contributed by atoms with Crippen molar-refractivity contribution in [3.05, 3.63) is 65.4 Å². The fourth-order valence-electron chi connectivity index (χ4n) is 3.48. The largest absolute Gasteiger partial charge is 0.294 e. The van der Waals surface area contributed by atoms with Crippen LogP contribution in [-0.4, -0.2) is 18.2 Å². The summed E-state index contributed by atoms with van der Waals surface area (Å²) in [6.45, 7) is 3.89. The van der Waals surface area contributed by atoms with Crippen molar-refractivity contribution in [3.63, 3.8) is 0 Å². The normalized spacial score (nSPS) is 17.4. The van der Waals surface area contributed by atoms with Gasteiger partial charge in [0.2, 0.25) is 0 Å². The van der Waals surface area contributed by atoms with Gasteiger partial charge in [-0.25, -0.2) is 12.4 Å². The Bertz CT molecular complexity index is 1080. The van der Waals surface area contributed by atoms with Crippen molar-refractivity contribution in [3.8, 4) is 0 Å². The van der Waals surface area contributed by atoms with Gasteiger partial charge in [-0.15, -0.1) is 0 Å². The van der Waals surface area contributed by atoms with Crippen molar-refractivity contribution in [1.82, 2.24) is 3.97 Å². The van der Waals surface area contributed by atoms with Crippen LogP contribution in [-0.2, 0) is 10.0 Å². The average Bonchev–Trinajstić information content (AvgIpc) is 3.09. The number of hydrogen-bond acceptors (Lipinski definition) is 3. The van der Waals surface area contributed by atoms with Crippen LogP contribution in [0.25, 0.3) is 10.9 Å². The molecule has 0 bridgehead atoms. The first kappa shape index (κ1) is 15.1. The standard InChI is InChI=1S/C19H17NO3S/c1-12-3-6-15(7-4-12)24(22,23)20-10-9-14-5-8-16-17(21)11-13(2)18(16)19(14)20/h3-10,13H,11H2,1-2H3/t13-/m0/s1. The Morgan fingerprint density at radius 3 is 2.46 bits per heavy atom. The van der Waals surface area contributed by atoms with E-state index >= 15 is 0 Å². The third-order valence-electron chi connectivity index (χ3n) is 4.72. The number of rotatable bonds is 2. The van der Waals surface area contributed by atoms with Crippen LogP contribution < -0.4 is 0 Å². The first-order valence-corrected chi connectivity index (χ1v) is 9.33. The number of Topliss-reactive ketones (excluding diaryl/α,β-unsaturated/α-hetero) is 1. The second kappa shape index (κ2) is 5.05. The van der Waals surface area contributed by atoms with Crippen molar-refractivity contribution in [2.45, 2.75) is 31.1 Å². The number of carbonyl (C=O) groups is 1. The van der Waals surface area contributed by atoms with Crippen LogP contribution in [0.4, 0.5) is 0 Å². The van der Waals surface area contributed by atoms with Gasteiger partial charge in [-0.3, -0.25) is 4.79 Å². The minimum atomic E-state index is -3.70. The predicted octanol–water partition coefficient (Wildman–Crippen LogP) is 3.88. The Labute approximate surface area is 140 Å². The van der Waals surface area contributed by atoms with E-state index in [4.69, 9.17) is 0 Å². The third kappa shape index (κ3) is 2.04. The molecule has 5 heteroatoms. The van der Waals surface area contributed by atoms with Gasteiger partial charge in [0.25, 0.3) is 10.0 Å². The van der Waals surface area contributed by atoms with Gasteiger partial charge in [-0.05, 0) is 36.6 Å². The highest BCUT2D eigenvalue weighted by Gasteiger charge is 2.31. The highest BCUT2D eigenvalue weighted by molar-refractivity contribution is 7.90. The maximum atomic E-state index is 13.1. The number of hydrogen-bond donors (Lipinski definition) is 0. The minimum Gasteiger partial charge on any atom is -0.294 e. The van der Waals surface area contributed by atoms with Crippen LogP contribution in [0, 0.1) is 6.92 Å². The molecule has 1 atom stereocenters. The van der Waals surface area contributed by atoms with Gasteiger partial charge >= 0.3 is 0 Å². The molecule has 3 aromatic rings. The van der Waals surface area contributed by atoms with Gasteiger partial charge in [-0.1, -0.05) is 36.8 Å². The fourth-order valence-corrected chi connectivity index (χ4v) is 4.86. The first-order valence-electron chi connectivity index (χ1n) is 7.89. The van der Waals surface area contributed by atoms with Gasteiger partial charge in [0.15, 0.2) is 5.78 Å². The van der Waals surface area contributed by atoms with Crippen LogP contribution in [0.15, 0.2) is 53.6 Å². The van der Waals surface area contributed by atoms with Crippen molar-refractivity contribution in [1.29, 1.82) is 0 Å². The SMILES string of the molecule is Cc1ccc(S(=O)(=O)n2ccc3ccc4c(c32)[C@@H](C)CC4=O)cc1. The topological polar surface area (TPSA) is 56.1 Å². The van der Waals surface area contributed by atoms with Crippen molar-refractivity contribution < 1.29 is 13.2 Å². The van der Waals surface area contributed by atoms with Gasteiger partial charge in [0.1, 0.15) is 0 Å². The molecule has 1 aliphatic rings. The molecule has 0 fully saturated rings. The van der Waals surface area contributed by atoms with Crippen LogP contribution in [0.1, 0.15) is 40.7 Å². The lowest BCUT2D eigenvalue weighted by Crippen LogP contribution is -2.13. The number of benzene rings is 2. The summed E-state index contributed by atoms with van der Waals surface area (Å²) in [4.78, 5) is 12.4. The summed E-state index contributed by atoms with van der Waals surface area (Å²) >= 11 is 0. The second-order valence-corrected chi connectivity index (χ2v) is 8.24. The Balaban J connectivity index is 2.02. The van der Waals surface area contributed by atoms with Crippen molar-refractivity contribution >= 4 is 26.7 Å². The first-order chi connectivity index (χ1) is 11.4.